The Hall–Kier alpha value is -2.08. The van der Waals surface area contributed by atoms with Crippen molar-refractivity contribution in [2.24, 2.45) is 0 Å². The molecular formula is C15H14BrFN2O2. The van der Waals surface area contributed by atoms with Gasteiger partial charge in [0.1, 0.15) is 5.82 Å². The maximum atomic E-state index is 13.8. The summed E-state index contributed by atoms with van der Waals surface area (Å²) in [6, 6.07) is 9.22. The molecule has 6 heteroatoms. The summed E-state index contributed by atoms with van der Waals surface area (Å²) in [4.78, 5) is 12.7. The zero-order valence-electron chi connectivity index (χ0n) is 11.3. The van der Waals surface area contributed by atoms with Crippen LogP contribution in [-0.4, -0.2) is 18.1 Å². The average Bonchev–Trinajstić information content (AvgIpc) is 2.42. The van der Waals surface area contributed by atoms with E-state index in [9.17, 15) is 9.18 Å². The number of nitrogens with zero attached hydrogens (tertiary/aromatic N) is 1. The number of carbonyl (C=O) groups is 1. The van der Waals surface area contributed by atoms with Crippen molar-refractivity contribution in [3.63, 3.8) is 0 Å². The Kier molecular flexibility index (Phi) is 4.47. The smallest absolute Gasteiger partial charge is 0.335 e. The average molecular weight is 353 g/mol. The Morgan fingerprint density at radius 2 is 2.05 bits per heavy atom. The number of aromatic carboxylic acids is 1. The van der Waals surface area contributed by atoms with Gasteiger partial charge in [-0.3, -0.25) is 0 Å². The molecule has 0 fully saturated rings. The molecule has 3 N–H and O–H groups in total. The van der Waals surface area contributed by atoms with Gasteiger partial charge in [-0.05, 0) is 36.4 Å². The minimum absolute atomic E-state index is 0.123. The molecule has 0 aliphatic carbocycles. The van der Waals surface area contributed by atoms with Crippen LogP contribution in [-0.2, 0) is 6.54 Å². The Labute approximate surface area is 130 Å². The summed E-state index contributed by atoms with van der Waals surface area (Å²) in [5.41, 5.74) is 7.51. The highest BCUT2D eigenvalue weighted by Gasteiger charge is 2.12. The Morgan fingerprint density at radius 1 is 1.33 bits per heavy atom. The standard InChI is InChI=1S/C15H14BrFN2O2/c1-19(8-10-6-11(16)3-4-12(10)17)14-5-2-9(15(20)21)7-13(14)18/h2-7H,8,18H2,1H3,(H,20,21). The molecule has 0 aliphatic rings. The molecule has 0 aromatic heterocycles. The van der Waals surface area contributed by atoms with Crippen molar-refractivity contribution in [3.05, 3.63) is 57.8 Å². The number of carboxylic acids is 1. The number of nitrogens with two attached hydrogens (primary N) is 1. The number of hydrogen-bond donors (Lipinski definition) is 2. The van der Waals surface area contributed by atoms with Crippen LogP contribution in [0.15, 0.2) is 40.9 Å². The van der Waals surface area contributed by atoms with Gasteiger partial charge in [0.25, 0.3) is 0 Å². The van der Waals surface area contributed by atoms with Crippen molar-refractivity contribution in [3.8, 4) is 0 Å². The molecule has 0 heterocycles. The molecule has 2 aromatic carbocycles. The third-order valence-corrected chi connectivity index (χ3v) is 3.59. The summed E-state index contributed by atoms with van der Waals surface area (Å²) in [6.45, 7) is 0.321. The van der Waals surface area contributed by atoms with Gasteiger partial charge in [-0.2, -0.15) is 0 Å². The first kappa shape index (κ1) is 15.3. The molecule has 0 aliphatic heterocycles. The van der Waals surface area contributed by atoms with Crippen LogP contribution in [0.5, 0.6) is 0 Å². The minimum atomic E-state index is -1.03. The minimum Gasteiger partial charge on any atom is -0.478 e. The van der Waals surface area contributed by atoms with Crippen molar-refractivity contribution in [1.29, 1.82) is 0 Å². The Bertz CT molecular complexity index is 691. The van der Waals surface area contributed by atoms with Gasteiger partial charge in [0, 0.05) is 23.6 Å². The molecule has 110 valence electrons. The highest BCUT2D eigenvalue weighted by molar-refractivity contribution is 9.10. The van der Waals surface area contributed by atoms with E-state index in [0.717, 1.165) is 4.47 Å². The molecule has 0 bridgehead atoms. The lowest BCUT2D eigenvalue weighted by molar-refractivity contribution is 0.0697. The fraction of sp³-hybridized carbons (Fsp3) is 0.133. The number of rotatable bonds is 4. The lowest BCUT2D eigenvalue weighted by Gasteiger charge is -2.22. The fourth-order valence-electron chi connectivity index (χ4n) is 2.04. The van der Waals surface area contributed by atoms with E-state index in [1.165, 1.54) is 18.2 Å². The molecule has 0 unspecified atom stereocenters. The highest BCUT2D eigenvalue weighted by atomic mass is 79.9. The molecule has 2 rings (SSSR count). The van der Waals surface area contributed by atoms with Gasteiger partial charge >= 0.3 is 5.97 Å². The van der Waals surface area contributed by atoms with Gasteiger partial charge in [-0.25, -0.2) is 9.18 Å². The number of carboxylic acid groups (broad SMARTS) is 1. The van der Waals surface area contributed by atoms with Crippen molar-refractivity contribution >= 4 is 33.3 Å². The molecule has 0 atom stereocenters. The van der Waals surface area contributed by atoms with Crippen LogP contribution in [0.25, 0.3) is 0 Å². The molecule has 0 saturated heterocycles. The first-order valence-electron chi connectivity index (χ1n) is 6.16. The van der Waals surface area contributed by atoms with Crippen LogP contribution >= 0.6 is 15.9 Å². The summed E-state index contributed by atoms with van der Waals surface area (Å²) in [7, 11) is 1.77. The molecule has 2 aromatic rings. The second-order valence-corrected chi connectivity index (χ2v) is 5.59. The van der Waals surface area contributed by atoms with Crippen molar-refractivity contribution in [1.82, 2.24) is 0 Å². The highest BCUT2D eigenvalue weighted by Crippen LogP contribution is 2.26. The first-order chi connectivity index (χ1) is 9.88. The van der Waals surface area contributed by atoms with Crippen LogP contribution in [0, 0.1) is 5.82 Å². The topological polar surface area (TPSA) is 66.6 Å². The molecular weight excluding hydrogens is 339 g/mol. The predicted molar refractivity (Wildman–Crippen MR) is 84.0 cm³/mol. The van der Waals surface area contributed by atoms with E-state index < -0.39 is 5.97 Å². The van der Waals surface area contributed by atoms with E-state index in [1.807, 2.05) is 0 Å². The second-order valence-electron chi connectivity index (χ2n) is 4.67. The largest absolute Gasteiger partial charge is 0.478 e. The van der Waals surface area contributed by atoms with Crippen LogP contribution in [0.4, 0.5) is 15.8 Å². The second kappa shape index (κ2) is 6.13. The first-order valence-corrected chi connectivity index (χ1v) is 6.95. The van der Waals surface area contributed by atoms with Gasteiger partial charge in [-0.15, -0.1) is 0 Å². The van der Waals surface area contributed by atoms with E-state index in [1.54, 1.807) is 30.1 Å². The number of benzene rings is 2. The van der Waals surface area contributed by atoms with E-state index in [-0.39, 0.29) is 11.4 Å². The van der Waals surface area contributed by atoms with Gasteiger partial charge in [-0.1, -0.05) is 15.9 Å². The van der Waals surface area contributed by atoms with Crippen molar-refractivity contribution in [2.45, 2.75) is 6.54 Å². The quantitative estimate of drug-likeness (QED) is 0.826. The fourth-order valence-corrected chi connectivity index (χ4v) is 2.45. The molecule has 0 amide bonds. The van der Waals surface area contributed by atoms with Crippen molar-refractivity contribution in [2.75, 3.05) is 17.7 Å². The van der Waals surface area contributed by atoms with Crippen LogP contribution in [0.2, 0.25) is 0 Å². The van der Waals surface area contributed by atoms with Crippen LogP contribution < -0.4 is 10.6 Å². The number of halogens is 2. The van der Waals surface area contributed by atoms with E-state index in [0.29, 0.717) is 23.5 Å². The lowest BCUT2D eigenvalue weighted by Crippen LogP contribution is -2.19. The SMILES string of the molecule is CN(Cc1cc(Br)ccc1F)c1ccc(C(=O)O)cc1N. The van der Waals surface area contributed by atoms with Gasteiger partial charge in [0.15, 0.2) is 0 Å². The van der Waals surface area contributed by atoms with E-state index in [2.05, 4.69) is 15.9 Å². The number of anilines is 2. The van der Waals surface area contributed by atoms with Gasteiger partial charge in [0.2, 0.25) is 0 Å². The van der Waals surface area contributed by atoms with Gasteiger partial charge < -0.3 is 15.7 Å². The zero-order chi connectivity index (χ0) is 15.6. The predicted octanol–water partition coefficient (Wildman–Crippen LogP) is 3.51. The van der Waals surface area contributed by atoms with Gasteiger partial charge in [0.05, 0.1) is 16.9 Å². The Morgan fingerprint density at radius 3 is 2.67 bits per heavy atom. The van der Waals surface area contributed by atoms with Crippen molar-refractivity contribution < 1.29 is 14.3 Å². The van der Waals surface area contributed by atoms with Crippen LogP contribution in [0.1, 0.15) is 15.9 Å². The lowest BCUT2D eigenvalue weighted by atomic mass is 10.1. The van der Waals surface area contributed by atoms with E-state index in [4.69, 9.17) is 10.8 Å². The summed E-state index contributed by atoms with van der Waals surface area (Å²) in [6.07, 6.45) is 0. The zero-order valence-corrected chi connectivity index (χ0v) is 12.9. The normalized spacial score (nSPS) is 10.4. The summed E-state index contributed by atoms with van der Waals surface area (Å²) in [5, 5.41) is 8.92. The van der Waals surface area contributed by atoms with E-state index >= 15 is 0 Å². The summed E-state index contributed by atoms with van der Waals surface area (Å²) in [5.74, 6) is -1.33. The maximum absolute atomic E-state index is 13.8. The molecule has 21 heavy (non-hydrogen) atoms. The summed E-state index contributed by atoms with van der Waals surface area (Å²) >= 11 is 3.31. The maximum Gasteiger partial charge on any atom is 0.335 e. The molecule has 0 radical (unpaired) electrons. The third kappa shape index (κ3) is 3.52. The molecule has 0 spiro atoms. The van der Waals surface area contributed by atoms with Crippen LogP contribution in [0.3, 0.4) is 0 Å². The third-order valence-electron chi connectivity index (χ3n) is 3.10. The number of hydrogen-bond acceptors (Lipinski definition) is 3. The molecule has 0 saturated carbocycles. The monoisotopic (exact) mass is 352 g/mol. The Balaban J connectivity index is 2.26. The number of nitrogen functional groups attached to an aromatic ring is 1. The summed E-state index contributed by atoms with van der Waals surface area (Å²) < 4.78 is 14.6. The molecule has 4 nitrogen and oxygen atoms in total.